The zero-order valence-electron chi connectivity index (χ0n) is 10.6. The van der Waals surface area contributed by atoms with E-state index in [1.54, 1.807) is 12.1 Å². The van der Waals surface area contributed by atoms with E-state index in [0.717, 1.165) is 12.3 Å². The van der Waals surface area contributed by atoms with Crippen LogP contribution >= 0.6 is 0 Å². The fourth-order valence-electron chi connectivity index (χ4n) is 1.60. The Labute approximate surface area is 103 Å². The fraction of sp³-hybridized carbons (Fsp3) is 0.357. The number of ether oxygens (including phenoxy) is 1. The van der Waals surface area contributed by atoms with E-state index in [4.69, 9.17) is 4.74 Å². The molecule has 0 aliphatic heterocycles. The predicted molar refractivity (Wildman–Crippen MR) is 69.6 cm³/mol. The monoisotopic (exact) mass is 233 g/mol. The quantitative estimate of drug-likeness (QED) is 0.558. The van der Waals surface area contributed by atoms with Crippen LogP contribution in [0.2, 0.25) is 0 Å². The van der Waals surface area contributed by atoms with Gasteiger partial charge >= 0.3 is 0 Å². The molecule has 0 radical (unpaired) electrons. The second kappa shape index (κ2) is 6.21. The lowest BCUT2D eigenvalue weighted by atomic mass is 10.1. The van der Waals surface area contributed by atoms with E-state index >= 15 is 0 Å². The highest BCUT2D eigenvalue weighted by Crippen LogP contribution is 2.14. The average molecular weight is 233 g/mol. The second-order valence-corrected chi connectivity index (χ2v) is 4.28. The molecule has 0 spiro atoms. The summed E-state index contributed by atoms with van der Waals surface area (Å²) in [6, 6.07) is 7.12. The minimum absolute atomic E-state index is 0.0714. The van der Waals surface area contributed by atoms with Gasteiger partial charge in [-0.05, 0) is 51.4 Å². The summed E-state index contributed by atoms with van der Waals surface area (Å²) >= 11 is 0. The molecule has 0 aliphatic carbocycles. The van der Waals surface area contributed by atoms with Gasteiger partial charge < -0.3 is 9.64 Å². The van der Waals surface area contributed by atoms with Crippen LogP contribution in [-0.2, 0) is 0 Å². The first-order valence-electron chi connectivity index (χ1n) is 5.61. The van der Waals surface area contributed by atoms with Crippen molar-refractivity contribution in [1.29, 1.82) is 0 Å². The van der Waals surface area contributed by atoms with Crippen LogP contribution in [0.25, 0.3) is 0 Å². The summed E-state index contributed by atoms with van der Waals surface area (Å²) < 4.78 is 5.71. The SMILES string of the molecule is C=CC(=O)c1ccc(OC(C)CN(C)C)cc1. The minimum Gasteiger partial charge on any atom is -0.489 e. The molecule has 1 unspecified atom stereocenters. The molecule has 0 saturated heterocycles. The number of likely N-dealkylation sites (N-methyl/N-ethyl adjacent to an activating group) is 1. The first-order chi connectivity index (χ1) is 8.02. The summed E-state index contributed by atoms with van der Waals surface area (Å²) in [6.45, 7) is 6.33. The molecule has 0 saturated carbocycles. The first-order valence-corrected chi connectivity index (χ1v) is 5.61. The van der Waals surface area contributed by atoms with Gasteiger partial charge in [-0.1, -0.05) is 6.58 Å². The second-order valence-electron chi connectivity index (χ2n) is 4.28. The van der Waals surface area contributed by atoms with Crippen molar-refractivity contribution in [2.24, 2.45) is 0 Å². The number of ketones is 1. The van der Waals surface area contributed by atoms with Crippen LogP contribution in [-0.4, -0.2) is 37.4 Å². The first kappa shape index (κ1) is 13.5. The molecule has 1 aromatic carbocycles. The maximum absolute atomic E-state index is 11.3. The van der Waals surface area contributed by atoms with Crippen LogP contribution in [0.5, 0.6) is 5.75 Å². The van der Waals surface area contributed by atoms with Crippen molar-refractivity contribution < 1.29 is 9.53 Å². The Morgan fingerprint density at radius 3 is 2.47 bits per heavy atom. The number of carbonyl (C=O) groups is 1. The maximum atomic E-state index is 11.3. The molecule has 0 bridgehead atoms. The Kier molecular flexibility index (Phi) is 4.91. The van der Waals surface area contributed by atoms with Crippen molar-refractivity contribution in [3.05, 3.63) is 42.5 Å². The lowest BCUT2D eigenvalue weighted by Gasteiger charge is -2.18. The van der Waals surface area contributed by atoms with Crippen LogP contribution in [0.4, 0.5) is 0 Å². The molecular formula is C14H19NO2. The van der Waals surface area contributed by atoms with Gasteiger partial charge in [-0.15, -0.1) is 0 Å². The molecule has 0 aliphatic rings. The van der Waals surface area contributed by atoms with Gasteiger partial charge in [0.05, 0.1) is 0 Å². The van der Waals surface area contributed by atoms with Gasteiger partial charge in [-0.25, -0.2) is 0 Å². The highest BCUT2D eigenvalue weighted by atomic mass is 16.5. The van der Waals surface area contributed by atoms with Crippen molar-refractivity contribution >= 4 is 5.78 Å². The van der Waals surface area contributed by atoms with Crippen LogP contribution in [0, 0.1) is 0 Å². The number of benzene rings is 1. The van der Waals surface area contributed by atoms with Crippen LogP contribution in [0.15, 0.2) is 36.9 Å². The Bertz CT molecular complexity index is 382. The lowest BCUT2D eigenvalue weighted by molar-refractivity contribution is 0.104. The Balaban J connectivity index is 2.62. The molecule has 1 rings (SSSR count). The minimum atomic E-state index is -0.0714. The number of hydrogen-bond acceptors (Lipinski definition) is 3. The van der Waals surface area contributed by atoms with Gasteiger partial charge in [0.25, 0.3) is 0 Å². The van der Waals surface area contributed by atoms with Crippen molar-refractivity contribution in [2.45, 2.75) is 13.0 Å². The summed E-state index contributed by atoms with van der Waals surface area (Å²) in [5.74, 6) is 0.706. The molecule has 1 aromatic rings. The predicted octanol–water partition coefficient (Wildman–Crippen LogP) is 2.38. The summed E-state index contributed by atoms with van der Waals surface area (Å²) in [5, 5.41) is 0. The zero-order valence-corrected chi connectivity index (χ0v) is 10.6. The Morgan fingerprint density at radius 2 is 2.00 bits per heavy atom. The molecule has 0 aromatic heterocycles. The van der Waals surface area contributed by atoms with Crippen molar-refractivity contribution in [2.75, 3.05) is 20.6 Å². The van der Waals surface area contributed by atoms with Gasteiger partial charge in [-0.2, -0.15) is 0 Å². The fourth-order valence-corrected chi connectivity index (χ4v) is 1.60. The molecule has 1 atom stereocenters. The van der Waals surface area contributed by atoms with Crippen LogP contribution in [0.3, 0.4) is 0 Å². The van der Waals surface area contributed by atoms with E-state index in [1.807, 2.05) is 33.2 Å². The van der Waals surface area contributed by atoms with E-state index in [9.17, 15) is 4.79 Å². The number of allylic oxidation sites excluding steroid dienone is 1. The van der Waals surface area contributed by atoms with Gasteiger partial charge in [0.2, 0.25) is 0 Å². The van der Waals surface area contributed by atoms with Gasteiger partial charge in [0.15, 0.2) is 5.78 Å². The van der Waals surface area contributed by atoms with E-state index in [2.05, 4.69) is 11.5 Å². The van der Waals surface area contributed by atoms with E-state index in [-0.39, 0.29) is 11.9 Å². The molecule has 3 nitrogen and oxygen atoms in total. The molecule has 17 heavy (non-hydrogen) atoms. The Hall–Kier alpha value is -1.61. The molecular weight excluding hydrogens is 214 g/mol. The van der Waals surface area contributed by atoms with Crippen molar-refractivity contribution in [1.82, 2.24) is 4.90 Å². The summed E-state index contributed by atoms with van der Waals surface area (Å²) in [6.07, 6.45) is 1.43. The number of hydrogen-bond donors (Lipinski definition) is 0. The largest absolute Gasteiger partial charge is 0.489 e. The third-order valence-corrected chi connectivity index (χ3v) is 2.28. The molecule has 3 heteroatoms. The smallest absolute Gasteiger partial charge is 0.185 e. The zero-order chi connectivity index (χ0) is 12.8. The highest BCUT2D eigenvalue weighted by molar-refractivity contribution is 6.04. The summed E-state index contributed by atoms with van der Waals surface area (Å²) in [5.41, 5.74) is 0.632. The van der Waals surface area contributed by atoms with E-state index in [0.29, 0.717) is 5.56 Å². The van der Waals surface area contributed by atoms with Gasteiger partial charge in [-0.3, -0.25) is 4.79 Å². The third-order valence-electron chi connectivity index (χ3n) is 2.28. The molecule has 92 valence electrons. The molecule has 0 N–H and O–H groups in total. The van der Waals surface area contributed by atoms with Crippen LogP contribution in [0.1, 0.15) is 17.3 Å². The summed E-state index contributed by atoms with van der Waals surface area (Å²) in [4.78, 5) is 13.4. The van der Waals surface area contributed by atoms with Crippen LogP contribution < -0.4 is 4.74 Å². The van der Waals surface area contributed by atoms with Gasteiger partial charge in [0.1, 0.15) is 11.9 Å². The average Bonchev–Trinajstić information content (AvgIpc) is 2.28. The molecule has 0 heterocycles. The van der Waals surface area contributed by atoms with E-state index < -0.39 is 0 Å². The number of rotatable bonds is 6. The van der Waals surface area contributed by atoms with Gasteiger partial charge in [0, 0.05) is 12.1 Å². The van der Waals surface area contributed by atoms with E-state index in [1.165, 1.54) is 6.08 Å². The molecule has 0 amide bonds. The maximum Gasteiger partial charge on any atom is 0.185 e. The Morgan fingerprint density at radius 1 is 1.41 bits per heavy atom. The third kappa shape index (κ3) is 4.41. The molecule has 0 fully saturated rings. The van der Waals surface area contributed by atoms with Crippen molar-refractivity contribution in [3.63, 3.8) is 0 Å². The van der Waals surface area contributed by atoms with Crippen molar-refractivity contribution in [3.8, 4) is 5.75 Å². The summed E-state index contributed by atoms with van der Waals surface area (Å²) in [7, 11) is 4.01. The standard InChI is InChI=1S/C14H19NO2/c1-5-14(16)12-6-8-13(9-7-12)17-11(2)10-15(3)4/h5-9,11H,1,10H2,2-4H3. The highest BCUT2D eigenvalue weighted by Gasteiger charge is 2.06. The topological polar surface area (TPSA) is 29.5 Å². The normalized spacial score (nSPS) is 12.2. The number of nitrogens with zero attached hydrogens (tertiary/aromatic N) is 1. The lowest BCUT2D eigenvalue weighted by Crippen LogP contribution is -2.27. The number of carbonyl (C=O) groups excluding carboxylic acids is 1.